The summed E-state index contributed by atoms with van der Waals surface area (Å²) < 4.78 is 11.0. The summed E-state index contributed by atoms with van der Waals surface area (Å²) in [5.41, 5.74) is -0.436. The van der Waals surface area contributed by atoms with Gasteiger partial charge in [0.05, 0.1) is 23.2 Å². The number of aromatic nitrogens is 1. The first kappa shape index (κ1) is 19.7. The van der Waals surface area contributed by atoms with Crippen LogP contribution in [-0.4, -0.2) is 39.9 Å². The van der Waals surface area contributed by atoms with Gasteiger partial charge in [-0.3, -0.25) is 29.2 Å². The summed E-state index contributed by atoms with van der Waals surface area (Å²) >= 11 is 0. The van der Waals surface area contributed by atoms with Gasteiger partial charge >= 0.3 is 0 Å². The smallest absolute Gasteiger partial charge is 0.261 e. The highest BCUT2D eigenvalue weighted by Gasteiger charge is 2.65. The molecule has 0 aliphatic carbocycles. The van der Waals surface area contributed by atoms with Crippen LogP contribution in [0.25, 0.3) is 10.9 Å². The van der Waals surface area contributed by atoms with E-state index in [0.29, 0.717) is 33.8 Å². The van der Waals surface area contributed by atoms with Gasteiger partial charge < -0.3 is 9.47 Å². The van der Waals surface area contributed by atoms with Gasteiger partial charge in [0.1, 0.15) is 0 Å². The first-order valence-corrected chi connectivity index (χ1v) is 10.7. The van der Waals surface area contributed by atoms with Crippen molar-refractivity contribution >= 4 is 34.3 Å². The van der Waals surface area contributed by atoms with Crippen LogP contribution in [-0.2, 0) is 15.1 Å². The van der Waals surface area contributed by atoms with E-state index in [1.165, 1.54) is 9.80 Å². The third-order valence-corrected chi connectivity index (χ3v) is 6.51. The van der Waals surface area contributed by atoms with Crippen LogP contribution in [0.2, 0.25) is 0 Å². The van der Waals surface area contributed by atoms with Crippen molar-refractivity contribution in [2.75, 3.05) is 11.7 Å². The van der Waals surface area contributed by atoms with Gasteiger partial charge in [0.25, 0.3) is 11.8 Å². The highest BCUT2D eigenvalue weighted by Crippen LogP contribution is 2.53. The first-order valence-electron chi connectivity index (χ1n) is 10.7. The first-order chi connectivity index (χ1) is 15.7. The maximum atomic E-state index is 14.1. The Morgan fingerprint density at radius 1 is 1.00 bits per heavy atom. The molecule has 0 radical (unpaired) electrons. The summed E-state index contributed by atoms with van der Waals surface area (Å²) in [5.74, 6) is -0.242. The molecule has 3 aliphatic heterocycles. The molecule has 1 spiro atoms. The van der Waals surface area contributed by atoms with Crippen LogP contribution in [0, 0.1) is 0 Å². The van der Waals surface area contributed by atoms with Crippen molar-refractivity contribution in [3.05, 3.63) is 59.8 Å². The van der Waals surface area contributed by atoms with E-state index in [0.717, 1.165) is 5.39 Å². The predicted octanol–water partition coefficient (Wildman–Crippen LogP) is 3.38. The molecule has 3 aromatic rings. The third-order valence-electron chi connectivity index (χ3n) is 6.51. The van der Waals surface area contributed by atoms with Gasteiger partial charge in [0.2, 0.25) is 12.7 Å². The Balaban J connectivity index is 1.66. The van der Waals surface area contributed by atoms with Gasteiger partial charge in [-0.1, -0.05) is 18.2 Å². The van der Waals surface area contributed by atoms with E-state index in [-0.39, 0.29) is 25.0 Å². The number of para-hydroxylation sites is 1. The van der Waals surface area contributed by atoms with Crippen LogP contribution in [0.3, 0.4) is 0 Å². The minimum absolute atomic E-state index is 0.0391. The molecule has 2 aromatic carbocycles. The van der Waals surface area contributed by atoms with Crippen LogP contribution in [0.4, 0.5) is 5.69 Å². The molecule has 1 fully saturated rings. The molecule has 1 atom stereocenters. The quantitative estimate of drug-likeness (QED) is 0.536. The maximum Gasteiger partial charge on any atom is 0.261 e. The average Bonchev–Trinajstić information content (AvgIpc) is 3.40. The molecule has 1 aromatic heterocycles. The molecular weight excluding hydrogens is 422 g/mol. The van der Waals surface area contributed by atoms with Gasteiger partial charge in [-0.05, 0) is 45.0 Å². The molecule has 8 heteroatoms. The van der Waals surface area contributed by atoms with Crippen molar-refractivity contribution in [2.45, 2.75) is 38.3 Å². The molecule has 3 amide bonds. The zero-order valence-corrected chi connectivity index (χ0v) is 18.4. The molecule has 8 nitrogen and oxygen atoms in total. The van der Waals surface area contributed by atoms with Crippen molar-refractivity contribution in [1.82, 2.24) is 9.88 Å². The number of fused-ring (bicyclic) bond motifs is 4. The van der Waals surface area contributed by atoms with E-state index < -0.39 is 17.0 Å². The van der Waals surface area contributed by atoms with Crippen LogP contribution in [0.15, 0.2) is 48.7 Å². The fourth-order valence-corrected chi connectivity index (χ4v) is 5.19. The summed E-state index contributed by atoms with van der Waals surface area (Å²) in [6.45, 7) is 5.46. The Kier molecular flexibility index (Phi) is 3.77. The second-order valence-corrected chi connectivity index (χ2v) is 9.49. The number of ether oxygens (including phenoxy) is 2. The number of imide groups is 1. The van der Waals surface area contributed by atoms with Gasteiger partial charge in [-0.2, -0.15) is 0 Å². The van der Waals surface area contributed by atoms with E-state index in [2.05, 4.69) is 4.98 Å². The van der Waals surface area contributed by atoms with Gasteiger partial charge in [0.15, 0.2) is 17.0 Å². The van der Waals surface area contributed by atoms with E-state index in [1.54, 1.807) is 24.4 Å². The van der Waals surface area contributed by atoms with Crippen molar-refractivity contribution in [3.63, 3.8) is 0 Å². The van der Waals surface area contributed by atoms with Crippen molar-refractivity contribution in [3.8, 4) is 11.5 Å². The van der Waals surface area contributed by atoms with Gasteiger partial charge in [0, 0.05) is 22.7 Å². The topological polar surface area (TPSA) is 89.0 Å². The SMILES string of the molecule is CC(C)(C)N1C(=O)C[C@@]2(C1=O)c1cc3c(cc1C(=O)N2c1cccc2cccnc12)OCO3. The monoisotopic (exact) mass is 443 g/mol. The molecular formula is C25H21N3O5. The summed E-state index contributed by atoms with van der Waals surface area (Å²) in [4.78, 5) is 48.6. The number of anilines is 1. The van der Waals surface area contributed by atoms with Gasteiger partial charge in [-0.15, -0.1) is 0 Å². The number of pyridine rings is 1. The number of benzene rings is 2. The van der Waals surface area contributed by atoms with Crippen molar-refractivity contribution < 1.29 is 23.9 Å². The van der Waals surface area contributed by atoms with E-state index >= 15 is 0 Å². The molecule has 33 heavy (non-hydrogen) atoms. The largest absolute Gasteiger partial charge is 0.454 e. The Hall–Kier alpha value is -3.94. The summed E-state index contributed by atoms with van der Waals surface area (Å²) in [6, 6.07) is 12.5. The lowest BCUT2D eigenvalue weighted by molar-refractivity contribution is -0.145. The number of carbonyl (C=O) groups excluding carboxylic acids is 3. The third kappa shape index (κ3) is 2.46. The van der Waals surface area contributed by atoms with Crippen molar-refractivity contribution in [2.24, 2.45) is 0 Å². The molecule has 3 aliphatic rings. The van der Waals surface area contributed by atoms with Crippen molar-refractivity contribution in [1.29, 1.82) is 0 Å². The molecule has 6 rings (SSSR count). The molecule has 0 saturated carbocycles. The lowest BCUT2D eigenvalue weighted by Crippen LogP contribution is -2.53. The number of rotatable bonds is 1. The molecule has 0 unspecified atom stereocenters. The molecule has 4 heterocycles. The van der Waals surface area contributed by atoms with Gasteiger partial charge in [-0.25, -0.2) is 0 Å². The number of amides is 3. The number of hydrogen-bond donors (Lipinski definition) is 0. The fraction of sp³-hybridized carbons (Fsp3) is 0.280. The van der Waals surface area contributed by atoms with E-state index in [4.69, 9.17) is 9.47 Å². The normalized spacial score (nSPS) is 21.6. The minimum atomic E-state index is -1.52. The second-order valence-electron chi connectivity index (χ2n) is 9.49. The minimum Gasteiger partial charge on any atom is -0.454 e. The van der Waals surface area contributed by atoms with E-state index in [9.17, 15) is 14.4 Å². The molecule has 0 bridgehead atoms. The zero-order valence-electron chi connectivity index (χ0n) is 18.4. The fourth-order valence-electron chi connectivity index (χ4n) is 5.19. The number of likely N-dealkylation sites (tertiary alicyclic amines) is 1. The highest BCUT2D eigenvalue weighted by atomic mass is 16.7. The number of carbonyl (C=O) groups is 3. The zero-order chi connectivity index (χ0) is 23.1. The van der Waals surface area contributed by atoms with Crippen LogP contribution >= 0.6 is 0 Å². The van der Waals surface area contributed by atoms with Crippen LogP contribution in [0.5, 0.6) is 11.5 Å². The number of hydrogen-bond acceptors (Lipinski definition) is 6. The lowest BCUT2D eigenvalue weighted by atomic mass is 9.86. The second kappa shape index (κ2) is 6.31. The molecule has 1 saturated heterocycles. The summed E-state index contributed by atoms with van der Waals surface area (Å²) in [6.07, 6.45) is 1.48. The lowest BCUT2D eigenvalue weighted by Gasteiger charge is -2.36. The Morgan fingerprint density at radius 3 is 2.45 bits per heavy atom. The summed E-state index contributed by atoms with van der Waals surface area (Å²) in [7, 11) is 0. The van der Waals surface area contributed by atoms with Crippen LogP contribution < -0.4 is 14.4 Å². The average molecular weight is 443 g/mol. The molecule has 166 valence electrons. The predicted molar refractivity (Wildman–Crippen MR) is 119 cm³/mol. The molecule has 0 N–H and O–H groups in total. The van der Waals surface area contributed by atoms with E-state index in [1.807, 2.05) is 45.0 Å². The van der Waals surface area contributed by atoms with Crippen LogP contribution in [0.1, 0.15) is 43.1 Å². The maximum absolute atomic E-state index is 14.1. The Labute approximate surface area is 189 Å². The summed E-state index contributed by atoms with van der Waals surface area (Å²) in [5, 5.41) is 0.826. The Bertz CT molecular complexity index is 1390. The Morgan fingerprint density at radius 2 is 1.73 bits per heavy atom. The highest BCUT2D eigenvalue weighted by molar-refractivity contribution is 6.24. The standard InChI is InChI=1S/C25H21N3O5/c1-24(2,3)28-20(29)12-25(23(28)31)16-11-19-18(32-13-33-19)10-15(16)22(30)27(25)17-8-4-6-14-7-5-9-26-21(14)17/h4-11H,12-13H2,1-3H3/t25-/m0/s1. The number of nitrogens with zero attached hydrogens (tertiary/aromatic N) is 3.